The number of methoxy groups -OCH3 is 1. The molecule has 0 saturated heterocycles. The summed E-state index contributed by atoms with van der Waals surface area (Å²) in [5.74, 6) is 2.57. The number of benzene rings is 1. The van der Waals surface area contributed by atoms with Crippen LogP contribution in [0.1, 0.15) is 23.9 Å². The van der Waals surface area contributed by atoms with Gasteiger partial charge in [0, 0.05) is 28.7 Å². The second-order valence-corrected chi connectivity index (χ2v) is 8.79. The van der Waals surface area contributed by atoms with Crippen LogP contribution in [0.15, 0.2) is 29.4 Å². The molecular formula is C21H26FN5O2S2. The minimum absolute atomic E-state index is 0.0160. The Hall–Kier alpha value is -2.59. The molecule has 0 aliphatic rings. The van der Waals surface area contributed by atoms with E-state index in [2.05, 4.69) is 16.9 Å². The molecule has 10 heteroatoms. The average Bonchev–Trinajstić information content (AvgIpc) is 3.14. The van der Waals surface area contributed by atoms with Gasteiger partial charge in [0.25, 0.3) is 0 Å². The number of thiazole rings is 1. The number of halogens is 1. The fourth-order valence-corrected chi connectivity index (χ4v) is 4.98. The highest BCUT2D eigenvalue weighted by Gasteiger charge is 2.15. The van der Waals surface area contributed by atoms with E-state index in [1.165, 1.54) is 22.7 Å². The average molecular weight is 464 g/mol. The lowest BCUT2D eigenvalue weighted by Crippen LogP contribution is -2.01. The first kappa shape index (κ1) is 23.1. The van der Waals surface area contributed by atoms with Gasteiger partial charge in [0.2, 0.25) is 0 Å². The zero-order valence-corrected chi connectivity index (χ0v) is 19.2. The van der Waals surface area contributed by atoms with Gasteiger partial charge in [-0.05, 0) is 24.6 Å². The number of nitrogens with zero attached hydrogens (tertiary/aromatic N) is 3. The van der Waals surface area contributed by atoms with Crippen molar-refractivity contribution in [2.45, 2.75) is 31.3 Å². The van der Waals surface area contributed by atoms with Crippen LogP contribution in [0.5, 0.6) is 11.5 Å². The predicted octanol–water partition coefficient (Wildman–Crippen LogP) is 4.41. The number of thioether (sulfide) groups is 1. The summed E-state index contributed by atoms with van der Waals surface area (Å²) < 4.78 is 23.4. The lowest BCUT2D eigenvalue weighted by Gasteiger charge is -2.10. The van der Waals surface area contributed by atoms with Gasteiger partial charge in [0.05, 0.1) is 12.8 Å². The lowest BCUT2D eigenvalue weighted by molar-refractivity contribution is 0.260. The number of aryl methyl sites for hydroxylation is 2. The van der Waals surface area contributed by atoms with Crippen molar-refractivity contribution in [3.8, 4) is 22.1 Å². The number of nitrogens with two attached hydrogens (primary N) is 2. The van der Waals surface area contributed by atoms with Gasteiger partial charge >= 0.3 is 0 Å². The smallest absolute Gasteiger partial charge is 0.191 e. The molecule has 7 nitrogen and oxygen atoms in total. The molecule has 2 heterocycles. The molecule has 166 valence electrons. The van der Waals surface area contributed by atoms with Crippen molar-refractivity contribution in [2.75, 3.05) is 37.6 Å². The fraction of sp³-hybridized carbons (Fsp3) is 0.381. The van der Waals surface area contributed by atoms with E-state index in [-0.39, 0.29) is 6.61 Å². The summed E-state index contributed by atoms with van der Waals surface area (Å²) in [6.45, 7) is 1.57. The van der Waals surface area contributed by atoms with Gasteiger partial charge in [-0.2, -0.15) is 0 Å². The maximum Gasteiger partial charge on any atom is 0.191 e. The van der Waals surface area contributed by atoms with E-state index in [0.717, 1.165) is 41.3 Å². The molecule has 0 fully saturated rings. The van der Waals surface area contributed by atoms with E-state index >= 15 is 0 Å². The molecule has 0 radical (unpaired) electrons. The molecule has 2 aromatic heterocycles. The van der Waals surface area contributed by atoms with Crippen LogP contribution in [-0.4, -0.2) is 41.1 Å². The normalized spacial score (nSPS) is 10.9. The van der Waals surface area contributed by atoms with Crippen molar-refractivity contribution < 1.29 is 13.9 Å². The van der Waals surface area contributed by atoms with Crippen LogP contribution < -0.4 is 20.9 Å². The number of nitrogen functional groups attached to an aromatic ring is 2. The molecule has 0 saturated carbocycles. The number of anilines is 2. The summed E-state index contributed by atoms with van der Waals surface area (Å²) in [6.07, 6.45) is 2.76. The zero-order chi connectivity index (χ0) is 22.2. The monoisotopic (exact) mass is 463 g/mol. The first-order valence-corrected chi connectivity index (χ1v) is 11.7. The Labute approximate surface area is 189 Å². The molecule has 0 amide bonds. The summed E-state index contributed by atoms with van der Waals surface area (Å²) in [4.78, 5) is 14.6. The van der Waals surface area contributed by atoms with E-state index < -0.39 is 6.67 Å². The van der Waals surface area contributed by atoms with Gasteiger partial charge in [0.15, 0.2) is 16.7 Å². The summed E-state index contributed by atoms with van der Waals surface area (Å²) >= 11 is 3.17. The highest BCUT2D eigenvalue weighted by atomic mass is 32.2. The maximum absolute atomic E-state index is 12.6. The van der Waals surface area contributed by atoms with Crippen LogP contribution in [0, 0.1) is 0 Å². The van der Waals surface area contributed by atoms with Gasteiger partial charge in [-0.15, -0.1) is 11.3 Å². The summed E-state index contributed by atoms with van der Waals surface area (Å²) in [5, 5.41) is 1.47. The molecule has 0 spiro atoms. The third-order valence-corrected chi connectivity index (χ3v) is 6.37. The number of aromatic nitrogens is 3. The van der Waals surface area contributed by atoms with Crippen molar-refractivity contribution in [3.63, 3.8) is 0 Å². The Kier molecular flexibility index (Phi) is 8.30. The van der Waals surface area contributed by atoms with Crippen LogP contribution in [0.4, 0.5) is 16.0 Å². The minimum Gasteiger partial charge on any atom is -0.493 e. The quantitative estimate of drug-likeness (QED) is 0.318. The van der Waals surface area contributed by atoms with Gasteiger partial charge in [-0.1, -0.05) is 25.1 Å². The molecule has 0 bridgehead atoms. The molecule has 0 atom stereocenters. The Bertz CT molecular complexity index is 995. The third kappa shape index (κ3) is 6.20. The van der Waals surface area contributed by atoms with E-state index in [9.17, 15) is 4.39 Å². The number of alkyl halides is 1. The molecule has 3 rings (SSSR count). The topological polar surface area (TPSA) is 109 Å². The molecule has 1 aromatic carbocycles. The van der Waals surface area contributed by atoms with Crippen LogP contribution in [0.3, 0.4) is 0 Å². The Morgan fingerprint density at radius 3 is 2.52 bits per heavy atom. The number of ether oxygens (including phenoxy) is 2. The molecule has 0 unspecified atom stereocenters. The van der Waals surface area contributed by atoms with E-state index in [1.54, 1.807) is 18.4 Å². The molecule has 0 aliphatic heterocycles. The standard InChI is InChI=1S/C21H26FN5O2S2/c1-3-4-17-14(7-10-30-21-26-18(23)12-19(24)27-21)25-20(31-17)13-5-6-15(28-2)16(11-13)29-9-8-22/h5-6,11-12H,3-4,7-10H2,1-2H3,(H4,23,24,26,27). The lowest BCUT2D eigenvalue weighted by atomic mass is 10.2. The van der Waals surface area contributed by atoms with Gasteiger partial charge in [-0.25, -0.2) is 19.3 Å². The highest BCUT2D eigenvalue weighted by Crippen LogP contribution is 2.36. The Morgan fingerprint density at radius 1 is 1.06 bits per heavy atom. The summed E-state index contributed by atoms with van der Waals surface area (Å²) in [5.41, 5.74) is 13.5. The number of hydrogen-bond acceptors (Lipinski definition) is 9. The van der Waals surface area contributed by atoms with Crippen LogP contribution >= 0.6 is 23.1 Å². The second kappa shape index (κ2) is 11.1. The van der Waals surface area contributed by atoms with Gasteiger partial charge < -0.3 is 20.9 Å². The summed E-state index contributed by atoms with van der Waals surface area (Å²) in [6, 6.07) is 7.15. The number of hydrogen-bond donors (Lipinski definition) is 2. The number of rotatable bonds is 11. The van der Waals surface area contributed by atoms with Crippen molar-refractivity contribution in [1.82, 2.24) is 15.0 Å². The van der Waals surface area contributed by atoms with E-state index in [0.29, 0.717) is 28.3 Å². The Balaban J connectivity index is 1.78. The third-order valence-electron chi connectivity index (χ3n) is 4.32. The van der Waals surface area contributed by atoms with Gasteiger partial charge in [0.1, 0.15) is 29.9 Å². The summed E-state index contributed by atoms with van der Waals surface area (Å²) in [7, 11) is 1.56. The minimum atomic E-state index is -0.560. The largest absolute Gasteiger partial charge is 0.493 e. The van der Waals surface area contributed by atoms with Crippen LogP contribution in [0.25, 0.3) is 10.6 Å². The second-order valence-electron chi connectivity index (χ2n) is 6.64. The van der Waals surface area contributed by atoms with E-state index in [4.69, 9.17) is 25.9 Å². The van der Waals surface area contributed by atoms with Gasteiger partial charge in [-0.3, -0.25) is 0 Å². The molecule has 4 N–H and O–H groups in total. The molecular weight excluding hydrogens is 437 g/mol. The fourth-order valence-electron chi connectivity index (χ4n) is 2.96. The Morgan fingerprint density at radius 2 is 1.84 bits per heavy atom. The molecule has 3 aromatic rings. The van der Waals surface area contributed by atoms with Crippen molar-refractivity contribution >= 4 is 34.7 Å². The first-order valence-electron chi connectivity index (χ1n) is 9.92. The highest BCUT2D eigenvalue weighted by molar-refractivity contribution is 7.99. The van der Waals surface area contributed by atoms with E-state index in [1.807, 2.05) is 18.2 Å². The first-order chi connectivity index (χ1) is 15.0. The van der Waals surface area contributed by atoms with Crippen molar-refractivity contribution in [2.24, 2.45) is 0 Å². The molecule has 0 aliphatic carbocycles. The van der Waals surface area contributed by atoms with Crippen molar-refractivity contribution in [3.05, 3.63) is 34.8 Å². The zero-order valence-electron chi connectivity index (χ0n) is 17.6. The predicted molar refractivity (Wildman–Crippen MR) is 125 cm³/mol. The van der Waals surface area contributed by atoms with Crippen molar-refractivity contribution in [1.29, 1.82) is 0 Å². The van der Waals surface area contributed by atoms with Crippen LogP contribution in [0.2, 0.25) is 0 Å². The SMILES string of the molecule is CCCc1sc(-c2ccc(OC)c(OCCF)c2)nc1CCSc1nc(N)cc(N)n1. The molecule has 31 heavy (non-hydrogen) atoms. The maximum atomic E-state index is 12.6. The van der Waals surface area contributed by atoms with Crippen LogP contribution in [-0.2, 0) is 12.8 Å².